The van der Waals surface area contributed by atoms with Crippen LogP contribution in [0.25, 0.3) is 22.1 Å². The highest BCUT2D eigenvalue weighted by Crippen LogP contribution is 2.13. The van der Waals surface area contributed by atoms with Gasteiger partial charge in [-0.15, -0.1) is 5.10 Å². The normalized spacial score (nSPS) is 11.2. The van der Waals surface area contributed by atoms with E-state index < -0.39 is 0 Å². The first-order valence-corrected chi connectivity index (χ1v) is 9.35. The minimum atomic E-state index is -0.136. The largest absolute Gasteiger partial charge is 0.345 e. The average molecular weight is 382 g/mol. The minimum absolute atomic E-state index is 0.136. The lowest BCUT2D eigenvalue weighted by molar-refractivity contribution is 0.0950. The standard InChI is InChI=1S/C22H18N6O/c29-22(23-13-21-24-17-5-1-2-6-18(17)25-21)16-11-9-15(10-12-16)14-28-20-8-4-3-7-19(20)26-27-28/h1-12H,13-14H2,(H,23,29)(H,24,25). The summed E-state index contributed by atoms with van der Waals surface area (Å²) in [5.41, 5.74) is 5.36. The molecule has 0 saturated heterocycles. The van der Waals surface area contributed by atoms with E-state index in [2.05, 4.69) is 25.6 Å². The van der Waals surface area contributed by atoms with Gasteiger partial charge in [-0.1, -0.05) is 41.6 Å². The van der Waals surface area contributed by atoms with Crippen LogP contribution in [-0.4, -0.2) is 30.9 Å². The third-order valence-electron chi connectivity index (χ3n) is 4.82. The number of rotatable bonds is 5. The van der Waals surface area contributed by atoms with Crippen LogP contribution in [0, 0.1) is 0 Å². The number of para-hydroxylation sites is 3. The van der Waals surface area contributed by atoms with Crippen molar-refractivity contribution in [3.05, 3.63) is 89.7 Å². The van der Waals surface area contributed by atoms with E-state index in [4.69, 9.17) is 0 Å². The molecule has 0 bridgehead atoms. The third-order valence-corrected chi connectivity index (χ3v) is 4.82. The van der Waals surface area contributed by atoms with E-state index in [-0.39, 0.29) is 5.91 Å². The molecule has 0 atom stereocenters. The van der Waals surface area contributed by atoms with Crippen LogP contribution in [0.3, 0.4) is 0 Å². The maximum Gasteiger partial charge on any atom is 0.251 e. The lowest BCUT2D eigenvalue weighted by atomic mass is 10.1. The van der Waals surface area contributed by atoms with Crippen molar-refractivity contribution in [1.82, 2.24) is 30.3 Å². The molecule has 7 heteroatoms. The Kier molecular flexibility index (Phi) is 4.25. The zero-order valence-corrected chi connectivity index (χ0v) is 15.5. The van der Waals surface area contributed by atoms with Crippen LogP contribution in [0.2, 0.25) is 0 Å². The molecule has 142 valence electrons. The van der Waals surface area contributed by atoms with Crippen molar-refractivity contribution < 1.29 is 4.79 Å². The van der Waals surface area contributed by atoms with Gasteiger partial charge in [-0.05, 0) is 42.0 Å². The van der Waals surface area contributed by atoms with Gasteiger partial charge in [-0.2, -0.15) is 0 Å². The van der Waals surface area contributed by atoms with Gasteiger partial charge in [0.1, 0.15) is 11.3 Å². The first-order chi connectivity index (χ1) is 14.3. The number of nitrogens with zero attached hydrogens (tertiary/aromatic N) is 4. The molecule has 5 aromatic rings. The fraction of sp³-hybridized carbons (Fsp3) is 0.0909. The monoisotopic (exact) mass is 382 g/mol. The van der Waals surface area contributed by atoms with E-state index in [0.717, 1.165) is 33.5 Å². The van der Waals surface area contributed by atoms with E-state index in [1.54, 1.807) is 0 Å². The molecule has 0 fully saturated rings. The number of imidazole rings is 1. The topological polar surface area (TPSA) is 88.5 Å². The molecule has 3 aromatic carbocycles. The maximum absolute atomic E-state index is 12.5. The van der Waals surface area contributed by atoms with Crippen LogP contribution in [0.1, 0.15) is 21.7 Å². The van der Waals surface area contributed by atoms with E-state index in [9.17, 15) is 4.79 Å². The summed E-state index contributed by atoms with van der Waals surface area (Å²) in [5.74, 6) is 0.595. The second kappa shape index (κ2) is 7.20. The molecular weight excluding hydrogens is 364 g/mol. The Labute approximate surface area is 166 Å². The Balaban J connectivity index is 1.25. The molecule has 2 N–H and O–H groups in total. The second-order valence-corrected chi connectivity index (χ2v) is 6.82. The maximum atomic E-state index is 12.5. The first kappa shape index (κ1) is 17.1. The van der Waals surface area contributed by atoms with Gasteiger partial charge >= 0.3 is 0 Å². The lowest BCUT2D eigenvalue weighted by Crippen LogP contribution is -2.23. The van der Waals surface area contributed by atoms with Crippen molar-refractivity contribution in [2.45, 2.75) is 13.1 Å². The highest BCUT2D eigenvalue weighted by Gasteiger charge is 2.09. The predicted octanol–water partition coefficient (Wildman–Crippen LogP) is 3.29. The minimum Gasteiger partial charge on any atom is -0.345 e. The number of amides is 1. The quantitative estimate of drug-likeness (QED) is 0.488. The van der Waals surface area contributed by atoms with Crippen molar-refractivity contribution in [3.63, 3.8) is 0 Å². The second-order valence-electron chi connectivity index (χ2n) is 6.82. The Morgan fingerprint density at radius 2 is 1.69 bits per heavy atom. The summed E-state index contributed by atoms with van der Waals surface area (Å²) in [6.45, 7) is 0.946. The molecule has 7 nitrogen and oxygen atoms in total. The van der Waals surface area contributed by atoms with Crippen LogP contribution in [0.4, 0.5) is 0 Å². The highest BCUT2D eigenvalue weighted by atomic mass is 16.1. The van der Waals surface area contributed by atoms with E-state index in [1.165, 1.54) is 0 Å². The molecule has 0 spiro atoms. The molecule has 0 unspecified atom stereocenters. The van der Waals surface area contributed by atoms with Crippen LogP contribution in [0.15, 0.2) is 72.8 Å². The van der Waals surface area contributed by atoms with Crippen molar-refractivity contribution in [2.24, 2.45) is 0 Å². The zero-order valence-electron chi connectivity index (χ0n) is 15.5. The third kappa shape index (κ3) is 3.45. The number of hydrogen-bond donors (Lipinski definition) is 2. The highest BCUT2D eigenvalue weighted by molar-refractivity contribution is 5.94. The lowest BCUT2D eigenvalue weighted by Gasteiger charge is -2.06. The molecule has 0 radical (unpaired) electrons. The number of fused-ring (bicyclic) bond motifs is 2. The molecule has 1 amide bonds. The number of carbonyl (C=O) groups is 1. The molecule has 0 aliphatic carbocycles. The van der Waals surface area contributed by atoms with Gasteiger partial charge in [0.05, 0.1) is 29.6 Å². The number of H-pyrrole nitrogens is 1. The van der Waals surface area contributed by atoms with Crippen LogP contribution >= 0.6 is 0 Å². The first-order valence-electron chi connectivity index (χ1n) is 9.35. The van der Waals surface area contributed by atoms with Gasteiger partial charge in [-0.3, -0.25) is 4.79 Å². The van der Waals surface area contributed by atoms with Crippen molar-refractivity contribution in [3.8, 4) is 0 Å². The molecule has 0 aliphatic heterocycles. The molecule has 0 saturated carbocycles. The number of aromatic nitrogens is 5. The number of aromatic amines is 1. The predicted molar refractivity (Wildman–Crippen MR) is 110 cm³/mol. The summed E-state index contributed by atoms with van der Waals surface area (Å²) >= 11 is 0. The summed E-state index contributed by atoms with van der Waals surface area (Å²) in [6, 6.07) is 23.2. The van der Waals surface area contributed by atoms with E-state index in [0.29, 0.717) is 18.7 Å². The van der Waals surface area contributed by atoms with Gasteiger partial charge in [0, 0.05) is 5.56 Å². The number of benzene rings is 3. The average Bonchev–Trinajstić information content (AvgIpc) is 3.36. The van der Waals surface area contributed by atoms with E-state index >= 15 is 0 Å². The fourth-order valence-electron chi connectivity index (χ4n) is 3.32. The summed E-state index contributed by atoms with van der Waals surface area (Å²) in [6.07, 6.45) is 0. The summed E-state index contributed by atoms with van der Waals surface area (Å²) in [5, 5.41) is 11.3. The Hall–Kier alpha value is -4.00. The zero-order chi connectivity index (χ0) is 19.6. The van der Waals surface area contributed by atoms with Crippen molar-refractivity contribution >= 4 is 28.0 Å². The number of nitrogens with one attached hydrogen (secondary N) is 2. The number of hydrogen-bond acceptors (Lipinski definition) is 4. The Bertz CT molecular complexity index is 1270. The molecular formula is C22H18N6O. The van der Waals surface area contributed by atoms with Crippen molar-refractivity contribution in [1.29, 1.82) is 0 Å². The van der Waals surface area contributed by atoms with Crippen LogP contribution in [0.5, 0.6) is 0 Å². The molecule has 2 heterocycles. The van der Waals surface area contributed by atoms with Gasteiger partial charge in [0.25, 0.3) is 5.91 Å². The van der Waals surface area contributed by atoms with E-state index in [1.807, 2.05) is 77.5 Å². The van der Waals surface area contributed by atoms with Gasteiger partial charge < -0.3 is 10.3 Å². The van der Waals surface area contributed by atoms with Gasteiger partial charge in [0.2, 0.25) is 0 Å². The Morgan fingerprint density at radius 1 is 0.931 bits per heavy atom. The van der Waals surface area contributed by atoms with Crippen molar-refractivity contribution in [2.75, 3.05) is 0 Å². The summed E-state index contributed by atoms with van der Waals surface area (Å²) < 4.78 is 1.85. The van der Waals surface area contributed by atoms with Crippen LogP contribution < -0.4 is 5.32 Å². The molecule has 29 heavy (non-hydrogen) atoms. The van der Waals surface area contributed by atoms with Gasteiger partial charge in [0.15, 0.2) is 0 Å². The SMILES string of the molecule is O=C(NCc1nc2ccccc2[nH]1)c1ccc(Cn2nnc3ccccc32)cc1. The summed E-state index contributed by atoms with van der Waals surface area (Å²) in [7, 11) is 0. The van der Waals surface area contributed by atoms with Crippen LogP contribution in [-0.2, 0) is 13.1 Å². The molecule has 5 rings (SSSR count). The number of carbonyl (C=O) groups excluding carboxylic acids is 1. The smallest absolute Gasteiger partial charge is 0.251 e. The Morgan fingerprint density at radius 3 is 2.52 bits per heavy atom. The van der Waals surface area contributed by atoms with Gasteiger partial charge in [-0.25, -0.2) is 9.67 Å². The fourth-order valence-corrected chi connectivity index (χ4v) is 3.32. The molecule has 2 aromatic heterocycles. The molecule has 0 aliphatic rings. The summed E-state index contributed by atoms with van der Waals surface area (Å²) in [4.78, 5) is 20.1.